The molecule has 0 aromatic heterocycles. The summed E-state index contributed by atoms with van der Waals surface area (Å²) >= 11 is 0. The van der Waals surface area contributed by atoms with E-state index < -0.39 is 10.0 Å². The van der Waals surface area contributed by atoms with Crippen LogP contribution in [0.5, 0.6) is 0 Å². The van der Waals surface area contributed by atoms with Gasteiger partial charge in [-0.1, -0.05) is 0 Å². The van der Waals surface area contributed by atoms with Gasteiger partial charge in [0, 0.05) is 37.6 Å². The summed E-state index contributed by atoms with van der Waals surface area (Å²) in [5, 5.41) is 0. The van der Waals surface area contributed by atoms with E-state index in [2.05, 4.69) is 21.6 Å². The van der Waals surface area contributed by atoms with Gasteiger partial charge in [-0.3, -0.25) is 4.72 Å². The lowest BCUT2D eigenvalue weighted by molar-refractivity contribution is 0.313. The Morgan fingerprint density at radius 1 is 0.750 bits per heavy atom. The molecule has 0 bridgehead atoms. The molecular formula is C22H31N3O2S. The fourth-order valence-corrected chi connectivity index (χ4v) is 5.54. The molecule has 0 aliphatic carbocycles. The Hall–Kier alpha value is -2.05. The second-order valence-corrected chi connectivity index (χ2v) is 9.52. The van der Waals surface area contributed by atoms with E-state index in [9.17, 15) is 8.42 Å². The number of benzene rings is 2. The molecule has 6 heteroatoms. The highest BCUT2D eigenvalue weighted by molar-refractivity contribution is 7.92. The quantitative estimate of drug-likeness (QED) is 0.847. The average molecular weight is 402 g/mol. The zero-order valence-corrected chi connectivity index (χ0v) is 18.6. The molecule has 1 aliphatic rings. The van der Waals surface area contributed by atoms with Gasteiger partial charge in [-0.15, -0.1) is 0 Å². The molecule has 2 aromatic carbocycles. The molecule has 28 heavy (non-hydrogen) atoms. The first kappa shape index (κ1) is 20.7. The molecule has 0 saturated carbocycles. The largest absolute Gasteiger partial charge is 0.369 e. The molecule has 0 amide bonds. The van der Waals surface area contributed by atoms with Crippen LogP contribution in [0.2, 0.25) is 0 Å². The van der Waals surface area contributed by atoms with Crippen LogP contribution in [0.4, 0.5) is 11.4 Å². The number of nitrogens with zero attached hydrogens (tertiary/aromatic N) is 2. The number of hydrogen-bond donors (Lipinski definition) is 1. The van der Waals surface area contributed by atoms with Crippen LogP contribution in [0, 0.1) is 34.6 Å². The van der Waals surface area contributed by atoms with Crippen molar-refractivity contribution in [3.05, 3.63) is 52.1 Å². The molecular weight excluding hydrogens is 370 g/mol. The number of sulfonamides is 1. The summed E-state index contributed by atoms with van der Waals surface area (Å²) < 4.78 is 29.1. The van der Waals surface area contributed by atoms with Gasteiger partial charge in [0.25, 0.3) is 10.0 Å². The van der Waals surface area contributed by atoms with E-state index >= 15 is 0 Å². The predicted octanol–water partition coefficient (Wildman–Crippen LogP) is 3.78. The Morgan fingerprint density at radius 2 is 1.21 bits per heavy atom. The monoisotopic (exact) mass is 401 g/mol. The van der Waals surface area contributed by atoms with E-state index in [1.165, 1.54) is 0 Å². The first-order valence-corrected chi connectivity index (χ1v) is 11.2. The first-order valence-electron chi connectivity index (χ1n) is 9.75. The van der Waals surface area contributed by atoms with Gasteiger partial charge in [0.1, 0.15) is 0 Å². The van der Waals surface area contributed by atoms with E-state index in [-0.39, 0.29) is 0 Å². The number of piperazine rings is 1. The first-order chi connectivity index (χ1) is 13.1. The van der Waals surface area contributed by atoms with Gasteiger partial charge in [0.15, 0.2) is 0 Å². The van der Waals surface area contributed by atoms with Crippen LogP contribution in [-0.4, -0.2) is 46.5 Å². The topological polar surface area (TPSA) is 52.7 Å². The lowest BCUT2D eigenvalue weighted by Gasteiger charge is -2.34. The Kier molecular flexibility index (Phi) is 5.73. The molecule has 3 rings (SSSR count). The zero-order valence-electron chi connectivity index (χ0n) is 17.8. The highest BCUT2D eigenvalue weighted by Gasteiger charge is 2.24. The maximum Gasteiger partial charge on any atom is 0.262 e. The van der Waals surface area contributed by atoms with Gasteiger partial charge < -0.3 is 9.80 Å². The van der Waals surface area contributed by atoms with Crippen LogP contribution in [0.1, 0.15) is 27.8 Å². The third-order valence-electron chi connectivity index (χ3n) is 6.19. The van der Waals surface area contributed by atoms with E-state index in [0.717, 1.165) is 59.7 Å². The molecule has 1 N–H and O–H groups in total. The normalized spacial score (nSPS) is 15.7. The molecule has 1 saturated heterocycles. The van der Waals surface area contributed by atoms with Crippen LogP contribution in [0.25, 0.3) is 0 Å². The van der Waals surface area contributed by atoms with Crippen LogP contribution in [0.3, 0.4) is 0 Å². The number of rotatable bonds is 4. The summed E-state index contributed by atoms with van der Waals surface area (Å²) in [7, 11) is -1.52. The summed E-state index contributed by atoms with van der Waals surface area (Å²) in [6.07, 6.45) is 0. The van der Waals surface area contributed by atoms with Crippen molar-refractivity contribution < 1.29 is 8.42 Å². The predicted molar refractivity (Wildman–Crippen MR) is 117 cm³/mol. The minimum Gasteiger partial charge on any atom is -0.369 e. The molecule has 1 fully saturated rings. The zero-order chi connectivity index (χ0) is 20.6. The van der Waals surface area contributed by atoms with E-state index in [0.29, 0.717) is 10.6 Å². The van der Waals surface area contributed by atoms with Crippen molar-refractivity contribution in [1.29, 1.82) is 0 Å². The Morgan fingerprint density at radius 3 is 1.71 bits per heavy atom. The third-order valence-corrected chi connectivity index (χ3v) is 7.84. The van der Waals surface area contributed by atoms with Crippen molar-refractivity contribution in [2.75, 3.05) is 42.8 Å². The van der Waals surface area contributed by atoms with Crippen molar-refractivity contribution in [2.24, 2.45) is 0 Å². The lowest BCUT2D eigenvalue weighted by atomic mass is 9.95. The van der Waals surface area contributed by atoms with Crippen LogP contribution < -0.4 is 9.62 Å². The number of anilines is 2. The summed E-state index contributed by atoms with van der Waals surface area (Å²) in [5.74, 6) is 0. The van der Waals surface area contributed by atoms with Gasteiger partial charge in [0.2, 0.25) is 0 Å². The Labute approximate surface area is 169 Å². The number of nitrogens with one attached hydrogen (secondary N) is 1. The third kappa shape index (κ3) is 3.89. The van der Waals surface area contributed by atoms with E-state index in [4.69, 9.17) is 0 Å². The lowest BCUT2D eigenvalue weighted by Crippen LogP contribution is -2.44. The second-order valence-electron chi connectivity index (χ2n) is 7.90. The van der Waals surface area contributed by atoms with Crippen molar-refractivity contribution in [1.82, 2.24) is 4.90 Å². The van der Waals surface area contributed by atoms with Gasteiger partial charge in [-0.05, 0) is 93.7 Å². The van der Waals surface area contributed by atoms with E-state index in [1.807, 2.05) is 58.9 Å². The van der Waals surface area contributed by atoms with E-state index in [1.54, 1.807) is 0 Å². The minimum atomic E-state index is -3.65. The molecule has 1 aliphatic heterocycles. The Balaban J connectivity index is 1.86. The van der Waals surface area contributed by atoms with Gasteiger partial charge in [-0.25, -0.2) is 8.42 Å². The SMILES string of the molecule is Cc1c(C)c(C)c(S(=O)(=O)Nc2ccc(N3CCN(C)CC3)cc2)c(C)c1C. The highest BCUT2D eigenvalue weighted by atomic mass is 32.2. The standard InChI is InChI=1S/C22H31N3O2S/c1-15-16(2)18(4)22(19(5)17(15)3)28(26,27)23-20-7-9-21(10-8-20)25-13-11-24(6)12-14-25/h7-10,23H,11-14H2,1-6H3. The Bertz CT molecular complexity index is 945. The highest BCUT2D eigenvalue weighted by Crippen LogP contribution is 2.31. The minimum absolute atomic E-state index is 0.399. The van der Waals surface area contributed by atoms with Crippen LogP contribution in [-0.2, 0) is 10.0 Å². The summed E-state index contributed by atoms with van der Waals surface area (Å²) in [6.45, 7) is 13.9. The summed E-state index contributed by atoms with van der Waals surface area (Å²) in [6, 6.07) is 7.69. The van der Waals surface area contributed by atoms with Crippen LogP contribution >= 0.6 is 0 Å². The van der Waals surface area contributed by atoms with Crippen molar-refractivity contribution in [3.8, 4) is 0 Å². The summed E-state index contributed by atoms with van der Waals surface area (Å²) in [4.78, 5) is 5.05. The van der Waals surface area contributed by atoms with Crippen LogP contribution in [0.15, 0.2) is 29.2 Å². The van der Waals surface area contributed by atoms with Gasteiger partial charge in [0.05, 0.1) is 4.90 Å². The number of hydrogen-bond acceptors (Lipinski definition) is 4. The fourth-order valence-electron chi connectivity index (χ4n) is 3.88. The number of likely N-dealkylation sites (N-methyl/N-ethyl adjacent to an activating group) is 1. The molecule has 0 spiro atoms. The van der Waals surface area contributed by atoms with Crippen molar-refractivity contribution >= 4 is 21.4 Å². The molecule has 5 nitrogen and oxygen atoms in total. The van der Waals surface area contributed by atoms with Gasteiger partial charge in [-0.2, -0.15) is 0 Å². The fraction of sp³-hybridized carbons (Fsp3) is 0.455. The molecule has 0 unspecified atom stereocenters. The second kappa shape index (κ2) is 7.76. The van der Waals surface area contributed by atoms with Crippen molar-refractivity contribution in [3.63, 3.8) is 0 Å². The molecule has 2 aromatic rings. The molecule has 1 heterocycles. The maximum atomic E-state index is 13.2. The summed E-state index contributed by atoms with van der Waals surface area (Å²) in [5.41, 5.74) is 6.59. The van der Waals surface area contributed by atoms with Gasteiger partial charge >= 0.3 is 0 Å². The average Bonchev–Trinajstić information content (AvgIpc) is 2.66. The smallest absolute Gasteiger partial charge is 0.262 e. The molecule has 0 radical (unpaired) electrons. The molecule has 0 atom stereocenters. The molecule has 152 valence electrons. The maximum absolute atomic E-state index is 13.2. The van der Waals surface area contributed by atoms with Crippen molar-refractivity contribution in [2.45, 2.75) is 39.5 Å².